The minimum absolute atomic E-state index is 0.470. The Hall–Kier alpha value is -0.280. The summed E-state index contributed by atoms with van der Waals surface area (Å²) in [5.41, 5.74) is 6.45. The molecule has 0 aromatic carbocycles. The van der Waals surface area contributed by atoms with Gasteiger partial charge in [-0.15, -0.1) is 0 Å². The van der Waals surface area contributed by atoms with E-state index in [0.29, 0.717) is 6.54 Å². The first-order chi connectivity index (χ1) is 4.24. The Morgan fingerprint density at radius 1 is 1.78 bits per heavy atom. The molecular weight excluding hydrogens is 182 g/mol. The molecule has 0 fully saturated rings. The second kappa shape index (κ2) is 2.54. The van der Waals surface area contributed by atoms with E-state index in [4.69, 9.17) is 10.2 Å². The van der Waals surface area contributed by atoms with Crippen LogP contribution in [0.2, 0.25) is 0 Å². The number of hydrogen-bond acceptors (Lipinski definition) is 2. The number of hydrogen-bond donors (Lipinski definition) is 1. The monoisotopic (exact) mass is 189 g/mol. The number of furan rings is 1. The number of aryl methyl sites for hydroxylation is 1. The van der Waals surface area contributed by atoms with Crippen molar-refractivity contribution in [3.63, 3.8) is 0 Å². The lowest BCUT2D eigenvalue weighted by Gasteiger charge is -1.87. The third-order valence-electron chi connectivity index (χ3n) is 1.18. The summed E-state index contributed by atoms with van der Waals surface area (Å²) >= 11 is 3.20. The van der Waals surface area contributed by atoms with Gasteiger partial charge in [-0.3, -0.25) is 0 Å². The molecular formula is C6H8BrNO. The van der Waals surface area contributed by atoms with Gasteiger partial charge in [-0.25, -0.2) is 0 Å². The lowest BCUT2D eigenvalue weighted by atomic mass is 10.3. The second-order valence-corrected chi connectivity index (χ2v) is 2.64. The Kier molecular flexibility index (Phi) is 1.93. The van der Waals surface area contributed by atoms with Gasteiger partial charge >= 0.3 is 0 Å². The van der Waals surface area contributed by atoms with E-state index in [1.807, 2.05) is 13.0 Å². The molecule has 0 aliphatic carbocycles. The van der Waals surface area contributed by atoms with Crippen molar-refractivity contribution in [1.82, 2.24) is 0 Å². The van der Waals surface area contributed by atoms with Crippen LogP contribution in [0.15, 0.2) is 15.2 Å². The average molecular weight is 190 g/mol. The molecule has 1 rings (SSSR count). The van der Waals surface area contributed by atoms with Crippen molar-refractivity contribution in [2.45, 2.75) is 13.5 Å². The Bertz CT molecular complexity index is 207. The maximum absolute atomic E-state index is 5.35. The van der Waals surface area contributed by atoms with E-state index in [9.17, 15) is 0 Å². The molecule has 0 aliphatic rings. The van der Waals surface area contributed by atoms with Gasteiger partial charge in [0.2, 0.25) is 0 Å². The third-order valence-corrected chi connectivity index (χ3v) is 1.57. The highest BCUT2D eigenvalue weighted by molar-refractivity contribution is 9.10. The van der Waals surface area contributed by atoms with E-state index in [1.165, 1.54) is 0 Å². The van der Waals surface area contributed by atoms with Gasteiger partial charge < -0.3 is 10.2 Å². The fraction of sp³-hybridized carbons (Fsp3) is 0.333. The van der Waals surface area contributed by atoms with E-state index in [2.05, 4.69) is 15.9 Å². The van der Waals surface area contributed by atoms with Crippen LogP contribution in [0.1, 0.15) is 11.3 Å². The van der Waals surface area contributed by atoms with Gasteiger partial charge in [-0.2, -0.15) is 0 Å². The molecule has 0 saturated carbocycles. The Morgan fingerprint density at radius 3 is 2.67 bits per heavy atom. The van der Waals surface area contributed by atoms with Crippen LogP contribution >= 0.6 is 15.9 Å². The molecule has 0 atom stereocenters. The van der Waals surface area contributed by atoms with Crippen LogP contribution in [0.5, 0.6) is 0 Å². The van der Waals surface area contributed by atoms with Crippen molar-refractivity contribution < 1.29 is 4.42 Å². The molecule has 2 nitrogen and oxygen atoms in total. The molecule has 0 spiro atoms. The molecule has 1 aromatic heterocycles. The van der Waals surface area contributed by atoms with Gasteiger partial charge in [0.1, 0.15) is 5.76 Å². The van der Waals surface area contributed by atoms with E-state index in [1.54, 1.807) is 0 Å². The zero-order valence-electron chi connectivity index (χ0n) is 5.15. The zero-order valence-corrected chi connectivity index (χ0v) is 6.73. The third kappa shape index (κ3) is 1.34. The standard InChI is InChI=1S/C6H8BrNO/c1-4-2-6(7)9-5(4)3-8/h2H,3,8H2,1H3. The lowest BCUT2D eigenvalue weighted by Crippen LogP contribution is -1.94. The van der Waals surface area contributed by atoms with Crippen LogP contribution in [0.4, 0.5) is 0 Å². The fourth-order valence-electron chi connectivity index (χ4n) is 0.681. The summed E-state index contributed by atoms with van der Waals surface area (Å²) in [6.45, 7) is 2.44. The minimum atomic E-state index is 0.470. The van der Waals surface area contributed by atoms with Crippen molar-refractivity contribution >= 4 is 15.9 Å². The van der Waals surface area contributed by atoms with Crippen molar-refractivity contribution in [2.24, 2.45) is 5.73 Å². The van der Waals surface area contributed by atoms with Gasteiger partial charge in [-0.1, -0.05) is 0 Å². The Morgan fingerprint density at radius 2 is 2.44 bits per heavy atom. The highest BCUT2D eigenvalue weighted by Crippen LogP contribution is 2.18. The van der Waals surface area contributed by atoms with Gasteiger partial charge in [0.05, 0.1) is 6.54 Å². The number of nitrogens with two attached hydrogens (primary N) is 1. The van der Waals surface area contributed by atoms with E-state index < -0.39 is 0 Å². The topological polar surface area (TPSA) is 39.2 Å². The largest absolute Gasteiger partial charge is 0.453 e. The molecule has 0 bridgehead atoms. The van der Waals surface area contributed by atoms with Gasteiger partial charge in [0.15, 0.2) is 4.67 Å². The van der Waals surface area contributed by atoms with Gasteiger partial charge in [0.25, 0.3) is 0 Å². The summed E-state index contributed by atoms with van der Waals surface area (Å²) in [6, 6.07) is 1.90. The minimum Gasteiger partial charge on any atom is -0.453 e. The molecule has 9 heavy (non-hydrogen) atoms. The first-order valence-electron chi connectivity index (χ1n) is 2.69. The summed E-state index contributed by atoms with van der Waals surface area (Å²) in [6.07, 6.45) is 0. The number of rotatable bonds is 1. The smallest absolute Gasteiger partial charge is 0.169 e. The molecule has 0 amide bonds. The maximum Gasteiger partial charge on any atom is 0.169 e. The van der Waals surface area contributed by atoms with E-state index in [0.717, 1.165) is 16.0 Å². The van der Waals surface area contributed by atoms with Gasteiger partial charge in [0, 0.05) is 0 Å². The molecule has 50 valence electrons. The summed E-state index contributed by atoms with van der Waals surface area (Å²) in [7, 11) is 0. The molecule has 2 N–H and O–H groups in total. The normalized spacial score (nSPS) is 10.1. The highest BCUT2D eigenvalue weighted by atomic mass is 79.9. The number of halogens is 1. The van der Waals surface area contributed by atoms with Crippen LogP contribution in [0.3, 0.4) is 0 Å². The quantitative estimate of drug-likeness (QED) is 0.733. The molecule has 1 heterocycles. The Labute approximate surface area is 62.2 Å². The van der Waals surface area contributed by atoms with Crippen molar-refractivity contribution in [3.05, 3.63) is 22.1 Å². The summed E-state index contributed by atoms with van der Waals surface area (Å²) in [4.78, 5) is 0. The van der Waals surface area contributed by atoms with Crippen molar-refractivity contribution in [2.75, 3.05) is 0 Å². The summed E-state index contributed by atoms with van der Waals surface area (Å²) < 4.78 is 5.91. The van der Waals surface area contributed by atoms with Gasteiger partial charge in [-0.05, 0) is 34.5 Å². The zero-order chi connectivity index (χ0) is 6.85. The fourth-order valence-corrected chi connectivity index (χ4v) is 1.22. The van der Waals surface area contributed by atoms with E-state index in [-0.39, 0.29) is 0 Å². The predicted octanol–water partition coefficient (Wildman–Crippen LogP) is 1.81. The van der Waals surface area contributed by atoms with Crippen LogP contribution in [0.25, 0.3) is 0 Å². The molecule has 3 heteroatoms. The van der Waals surface area contributed by atoms with Crippen LogP contribution in [0, 0.1) is 6.92 Å². The van der Waals surface area contributed by atoms with Crippen molar-refractivity contribution in [1.29, 1.82) is 0 Å². The second-order valence-electron chi connectivity index (χ2n) is 1.86. The summed E-state index contributed by atoms with van der Waals surface area (Å²) in [5.74, 6) is 0.849. The molecule has 0 saturated heterocycles. The first kappa shape index (κ1) is 6.83. The van der Waals surface area contributed by atoms with Crippen LogP contribution in [-0.2, 0) is 6.54 Å². The molecule has 0 unspecified atom stereocenters. The maximum atomic E-state index is 5.35. The van der Waals surface area contributed by atoms with Crippen LogP contribution in [-0.4, -0.2) is 0 Å². The molecule has 1 aromatic rings. The van der Waals surface area contributed by atoms with E-state index >= 15 is 0 Å². The Balaban J connectivity index is 3.01. The molecule has 0 radical (unpaired) electrons. The first-order valence-corrected chi connectivity index (χ1v) is 3.48. The summed E-state index contributed by atoms with van der Waals surface area (Å²) in [5, 5.41) is 0. The van der Waals surface area contributed by atoms with Crippen molar-refractivity contribution in [3.8, 4) is 0 Å². The van der Waals surface area contributed by atoms with Crippen LogP contribution < -0.4 is 5.73 Å². The average Bonchev–Trinajstić information content (AvgIpc) is 2.10. The lowest BCUT2D eigenvalue weighted by molar-refractivity contribution is 0.488. The predicted molar refractivity (Wildman–Crippen MR) is 39.0 cm³/mol. The molecule has 0 aliphatic heterocycles. The highest BCUT2D eigenvalue weighted by Gasteiger charge is 2.01. The SMILES string of the molecule is Cc1cc(Br)oc1CN.